The lowest BCUT2D eigenvalue weighted by molar-refractivity contribution is -0.150. The molecular weight excluding hydrogens is 384 g/mol. The third kappa shape index (κ3) is 7.24. The van der Waals surface area contributed by atoms with Gasteiger partial charge in [0, 0.05) is 5.69 Å². The van der Waals surface area contributed by atoms with E-state index in [0.717, 1.165) is 16.7 Å². The lowest BCUT2D eigenvalue weighted by Crippen LogP contribution is -2.46. The number of amides is 2. The zero-order valence-electron chi connectivity index (χ0n) is 17.7. The molecule has 0 spiro atoms. The van der Waals surface area contributed by atoms with Crippen molar-refractivity contribution in [3.63, 3.8) is 0 Å². The van der Waals surface area contributed by atoms with Gasteiger partial charge in [-0.05, 0) is 48.6 Å². The molecule has 7 nitrogen and oxygen atoms in total. The lowest BCUT2D eigenvalue weighted by Gasteiger charge is -2.20. The maximum Gasteiger partial charge on any atom is 0.408 e. The molecule has 0 aliphatic carbocycles. The molecule has 0 bridgehead atoms. The number of esters is 1. The fourth-order valence-corrected chi connectivity index (χ4v) is 2.63. The number of hydrogen-bond acceptors (Lipinski definition) is 5. The molecule has 2 N–H and O–H groups in total. The maximum atomic E-state index is 12.4. The Bertz CT molecular complexity index is 880. The lowest BCUT2D eigenvalue weighted by atomic mass is 10.1. The molecule has 2 rings (SSSR count). The number of benzene rings is 2. The first kappa shape index (κ1) is 22.9. The SMILES string of the molecule is Cc1ccc(NC(=O)COC(=O)[C@@H](NC(=O)OCc2ccccc2)C(C)C)cc1C. The fraction of sp³-hybridized carbons (Fsp3) is 0.348. The van der Waals surface area contributed by atoms with Crippen LogP contribution in [0.1, 0.15) is 30.5 Å². The Morgan fingerprint density at radius 1 is 0.933 bits per heavy atom. The van der Waals surface area contributed by atoms with E-state index in [9.17, 15) is 14.4 Å². The average molecular weight is 412 g/mol. The minimum atomic E-state index is -0.928. The number of aryl methyl sites for hydroxylation is 2. The molecule has 2 aromatic carbocycles. The van der Waals surface area contributed by atoms with E-state index in [-0.39, 0.29) is 12.5 Å². The van der Waals surface area contributed by atoms with Crippen LogP contribution in [0, 0.1) is 19.8 Å². The summed E-state index contributed by atoms with van der Waals surface area (Å²) in [4.78, 5) is 36.5. The predicted octanol–water partition coefficient (Wildman–Crippen LogP) is 3.74. The summed E-state index contributed by atoms with van der Waals surface area (Å²) < 4.78 is 10.2. The minimum absolute atomic E-state index is 0.0882. The van der Waals surface area contributed by atoms with E-state index in [4.69, 9.17) is 9.47 Å². The van der Waals surface area contributed by atoms with Crippen LogP contribution in [0.15, 0.2) is 48.5 Å². The van der Waals surface area contributed by atoms with Crippen LogP contribution < -0.4 is 10.6 Å². The number of carbonyl (C=O) groups excluding carboxylic acids is 3. The quantitative estimate of drug-likeness (QED) is 0.644. The van der Waals surface area contributed by atoms with Crippen LogP contribution in [-0.4, -0.2) is 30.6 Å². The first-order valence-corrected chi connectivity index (χ1v) is 9.77. The number of ether oxygens (including phenoxy) is 2. The molecule has 30 heavy (non-hydrogen) atoms. The molecule has 0 radical (unpaired) electrons. The number of carbonyl (C=O) groups is 3. The first-order chi connectivity index (χ1) is 14.3. The second kappa shape index (κ2) is 11.0. The molecular formula is C23H28N2O5. The molecule has 1 atom stereocenters. The Hall–Kier alpha value is -3.35. The molecule has 0 saturated heterocycles. The zero-order chi connectivity index (χ0) is 22.1. The summed E-state index contributed by atoms with van der Waals surface area (Å²) in [6.45, 7) is 7.09. The Labute approximate surface area is 176 Å². The smallest absolute Gasteiger partial charge is 0.408 e. The Morgan fingerprint density at radius 2 is 1.63 bits per heavy atom. The number of nitrogens with one attached hydrogen (secondary N) is 2. The van der Waals surface area contributed by atoms with Crippen LogP contribution in [0.2, 0.25) is 0 Å². The minimum Gasteiger partial charge on any atom is -0.454 e. The Balaban J connectivity index is 1.83. The highest BCUT2D eigenvalue weighted by atomic mass is 16.6. The second-order valence-electron chi connectivity index (χ2n) is 7.38. The van der Waals surface area contributed by atoms with Crippen molar-refractivity contribution < 1.29 is 23.9 Å². The molecule has 0 unspecified atom stereocenters. The van der Waals surface area contributed by atoms with Crippen molar-refractivity contribution in [2.75, 3.05) is 11.9 Å². The predicted molar refractivity (Wildman–Crippen MR) is 114 cm³/mol. The average Bonchev–Trinajstić information content (AvgIpc) is 2.72. The van der Waals surface area contributed by atoms with Crippen molar-refractivity contribution in [3.8, 4) is 0 Å². The van der Waals surface area contributed by atoms with Gasteiger partial charge in [-0.2, -0.15) is 0 Å². The van der Waals surface area contributed by atoms with Crippen molar-refractivity contribution in [2.45, 2.75) is 40.3 Å². The second-order valence-corrected chi connectivity index (χ2v) is 7.38. The molecule has 160 valence electrons. The van der Waals surface area contributed by atoms with Gasteiger partial charge in [0.05, 0.1) is 0 Å². The van der Waals surface area contributed by atoms with E-state index >= 15 is 0 Å². The van der Waals surface area contributed by atoms with Crippen LogP contribution in [0.25, 0.3) is 0 Å². The largest absolute Gasteiger partial charge is 0.454 e. The normalized spacial score (nSPS) is 11.5. The monoisotopic (exact) mass is 412 g/mol. The summed E-state index contributed by atoms with van der Waals surface area (Å²) >= 11 is 0. The van der Waals surface area contributed by atoms with Gasteiger partial charge in [0.2, 0.25) is 0 Å². The zero-order valence-corrected chi connectivity index (χ0v) is 17.7. The molecule has 0 aliphatic heterocycles. The molecule has 7 heteroatoms. The van der Waals surface area contributed by atoms with Crippen molar-refractivity contribution in [1.82, 2.24) is 5.32 Å². The molecule has 2 amide bonds. The van der Waals surface area contributed by atoms with Gasteiger partial charge in [-0.3, -0.25) is 4.79 Å². The van der Waals surface area contributed by atoms with Crippen molar-refractivity contribution in [3.05, 3.63) is 65.2 Å². The number of alkyl carbamates (subject to hydrolysis) is 1. The van der Waals surface area contributed by atoms with Crippen LogP contribution in [0.4, 0.5) is 10.5 Å². The van der Waals surface area contributed by atoms with Crippen molar-refractivity contribution in [2.24, 2.45) is 5.92 Å². The van der Waals surface area contributed by atoms with Gasteiger partial charge in [0.15, 0.2) is 6.61 Å². The summed E-state index contributed by atoms with van der Waals surface area (Å²) in [7, 11) is 0. The van der Waals surface area contributed by atoms with E-state index < -0.39 is 30.6 Å². The third-order valence-electron chi connectivity index (χ3n) is 4.54. The Kier molecular flexibility index (Phi) is 8.41. The fourth-order valence-electron chi connectivity index (χ4n) is 2.63. The van der Waals surface area contributed by atoms with Crippen molar-refractivity contribution >= 4 is 23.7 Å². The van der Waals surface area contributed by atoms with Gasteiger partial charge < -0.3 is 20.1 Å². The van der Waals surface area contributed by atoms with Crippen LogP contribution >= 0.6 is 0 Å². The van der Waals surface area contributed by atoms with Gasteiger partial charge in [0.25, 0.3) is 5.91 Å². The first-order valence-electron chi connectivity index (χ1n) is 9.77. The van der Waals surface area contributed by atoms with Gasteiger partial charge in [-0.25, -0.2) is 9.59 Å². The molecule has 0 aliphatic rings. The van der Waals surface area contributed by atoms with E-state index in [2.05, 4.69) is 10.6 Å². The standard InChI is InChI=1S/C23H28N2O5/c1-15(2)21(25-23(28)30-13-18-8-6-5-7-9-18)22(27)29-14-20(26)24-19-11-10-16(3)17(4)12-19/h5-12,15,21H,13-14H2,1-4H3,(H,24,26)(H,25,28)/t21-/m0/s1. The number of hydrogen-bond donors (Lipinski definition) is 2. The van der Waals surface area contributed by atoms with E-state index in [1.54, 1.807) is 19.9 Å². The molecule has 0 fully saturated rings. The van der Waals surface area contributed by atoms with Gasteiger partial charge in [-0.15, -0.1) is 0 Å². The van der Waals surface area contributed by atoms with Gasteiger partial charge in [-0.1, -0.05) is 50.2 Å². The summed E-state index contributed by atoms with van der Waals surface area (Å²) in [6, 6.07) is 13.8. The molecule has 0 aromatic heterocycles. The van der Waals surface area contributed by atoms with Crippen LogP contribution in [-0.2, 0) is 25.7 Å². The van der Waals surface area contributed by atoms with E-state index in [1.165, 1.54) is 0 Å². The number of anilines is 1. The van der Waals surface area contributed by atoms with E-state index in [1.807, 2.05) is 56.3 Å². The third-order valence-corrected chi connectivity index (χ3v) is 4.54. The number of rotatable bonds is 8. The van der Waals surface area contributed by atoms with Crippen LogP contribution in [0.5, 0.6) is 0 Å². The highest BCUT2D eigenvalue weighted by Crippen LogP contribution is 2.14. The summed E-state index contributed by atoms with van der Waals surface area (Å²) in [5.74, 6) is -1.40. The van der Waals surface area contributed by atoms with E-state index in [0.29, 0.717) is 5.69 Å². The molecule has 2 aromatic rings. The summed E-state index contributed by atoms with van der Waals surface area (Å²) in [5, 5.41) is 5.19. The van der Waals surface area contributed by atoms with Crippen molar-refractivity contribution in [1.29, 1.82) is 0 Å². The van der Waals surface area contributed by atoms with Gasteiger partial charge in [0.1, 0.15) is 12.6 Å². The molecule has 0 saturated carbocycles. The Morgan fingerprint density at radius 3 is 2.27 bits per heavy atom. The maximum absolute atomic E-state index is 12.4. The topological polar surface area (TPSA) is 93.7 Å². The summed E-state index contributed by atoms with van der Waals surface area (Å²) in [5.41, 5.74) is 3.62. The van der Waals surface area contributed by atoms with Gasteiger partial charge >= 0.3 is 12.1 Å². The highest BCUT2D eigenvalue weighted by molar-refractivity contribution is 5.93. The highest BCUT2D eigenvalue weighted by Gasteiger charge is 2.27. The van der Waals surface area contributed by atoms with Crippen LogP contribution in [0.3, 0.4) is 0 Å². The summed E-state index contributed by atoms with van der Waals surface area (Å²) in [6.07, 6.45) is -0.728. The molecule has 0 heterocycles.